The second-order valence-electron chi connectivity index (χ2n) is 31.5. The Morgan fingerprint density at radius 3 is 0.886 bits per heavy atom. The third-order valence-electron chi connectivity index (χ3n) is 21.7. The molecule has 30 nitrogen and oxygen atoms in total. The number of para-hydroxylation sites is 1. The molecule has 15 heterocycles. The lowest BCUT2D eigenvalue weighted by atomic mass is 10.1. The minimum Gasteiger partial charge on any atom is -0.497 e. The number of aromatic nitrogens is 16. The average molecular weight is 1870 g/mol. The Morgan fingerprint density at radius 2 is 0.557 bits per heavy atom. The molecule has 0 aliphatic carbocycles. The van der Waals surface area contributed by atoms with Gasteiger partial charge >= 0.3 is 6.18 Å². The molecule has 20 rings (SSSR count). The van der Waals surface area contributed by atoms with Crippen LogP contribution in [-0.4, -0.2) is 112 Å². The van der Waals surface area contributed by atoms with Crippen LogP contribution in [0.2, 0.25) is 0 Å². The summed E-state index contributed by atoms with van der Waals surface area (Å²) in [5, 5.41) is 53.8. The molecule has 0 saturated carbocycles. The van der Waals surface area contributed by atoms with Gasteiger partial charge in [0.2, 0.25) is 0 Å². The van der Waals surface area contributed by atoms with Gasteiger partial charge in [0, 0.05) is 34.6 Å². The smallest absolute Gasteiger partial charge is 0.435 e. The number of ether oxygens (including phenoxy) is 5. The Labute approximate surface area is 798 Å². The van der Waals surface area contributed by atoms with Gasteiger partial charge in [-0.2, -0.15) is 34.2 Å². The summed E-state index contributed by atoms with van der Waals surface area (Å²) in [7, 11) is 8.10. The SMILES string of the molecule is COc1ccc(Nc2cc(C#N)cc(-c3c(C)nc4ccc(OC)cn34)n2)cc1.COc1ccc2nc(C)c(-c3cc(C#N)cc(Nc4ccc(C)cc4)n3)n2c1.COc1ccc2nc(C)c(-c3cc(C#N)cc(Nc4ccc(F)cc4)n3)n2c1.COc1ccc2nc(C)c(-c3cc(C#N)cc(Nc4ccccc4)n3)n2c1.Cc1ccc(Nc2cncc(-c3c(C(F)(F)F)nc4ccc(F)cn34)n2)cc1. The first-order valence-corrected chi connectivity index (χ1v) is 43.1. The molecule has 0 fully saturated rings. The summed E-state index contributed by atoms with van der Waals surface area (Å²) in [4.78, 5) is 49.0. The lowest BCUT2D eigenvalue weighted by Crippen LogP contribution is -2.09. The number of anilines is 10. The van der Waals surface area contributed by atoms with E-state index in [1.165, 1.54) is 36.2 Å². The molecule has 0 aliphatic rings. The van der Waals surface area contributed by atoms with Crippen LogP contribution in [0.1, 0.15) is 61.9 Å². The van der Waals surface area contributed by atoms with E-state index in [1.807, 2.05) is 236 Å². The van der Waals surface area contributed by atoms with Gasteiger partial charge in [0.05, 0.1) is 188 Å². The highest BCUT2D eigenvalue weighted by Crippen LogP contribution is 2.40. The fraction of sp³-hybridized carbons (Fsp3) is 0.114. The van der Waals surface area contributed by atoms with E-state index in [9.17, 15) is 43.0 Å². The summed E-state index contributed by atoms with van der Waals surface area (Å²) in [6.45, 7) is 11.7. The van der Waals surface area contributed by atoms with Crippen molar-refractivity contribution in [3.05, 3.63) is 353 Å². The molecule has 0 spiro atoms. The van der Waals surface area contributed by atoms with Crippen LogP contribution in [0.3, 0.4) is 0 Å². The zero-order chi connectivity index (χ0) is 98.4. The van der Waals surface area contributed by atoms with Gasteiger partial charge in [-0.15, -0.1) is 0 Å². The zero-order valence-corrected chi connectivity index (χ0v) is 76.9. The number of nitriles is 4. The first-order chi connectivity index (χ1) is 67.7. The molecule has 0 atom stereocenters. The van der Waals surface area contributed by atoms with Gasteiger partial charge < -0.3 is 50.3 Å². The molecule has 0 radical (unpaired) electrons. The van der Waals surface area contributed by atoms with Crippen molar-refractivity contribution in [2.75, 3.05) is 62.1 Å². The van der Waals surface area contributed by atoms with Gasteiger partial charge in [-0.25, -0.2) is 58.6 Å². The number of fused-ring (bicyclic) bond motifs is 5. The maximum absolute atomic E-state index is 13.7. The number of nitrogens with zero attached hydrogens (tertiary/aromatic N) is 20. The van der Waals surface area contributed by atoms with Gasteiger partial charge in [0.25, 0.3) is 0 Å². The number of imidazole rings is 5. The van der Waals surface area contributed by atoms with Crippen molar-refractivity contribution < 1.29 is 45.6 Å². The third kappa shape index (κ3) is 21.7. The van der Waals surface area contributed by atoms with E-state index < -0.39 is 17.7 Å². The van der Waals surface area contributed by atoms with Gasteiger partial charge in [-0.3, -0.25) is 27.0 Å². The molecule has 35 heteroatoms. The number of aryl methyl sites for hydroxylation is 6. The number of hydrogen-bond donors (Lipinski definition) is 5. The molecule has 0 amide bonds. The van der Waals surface area contributed by atoms with Crippen LogP contribution < -0.4 is 50.3 Å². The zero-order valence-electron chi connectivity index (χ0n) is 76.9. The third-order valence-corrected chi connectivity index (χ3v) is 21.7. The molecule has 0 unspecified atom stereocenters. The van der Waals surface area contributed by atoms with Crippen LogP contribution in [0.5, 0.6) is 28.7 Å². The lowest BCUT2D eigenvalue weighted by Gasteiger charge is -2.10. The van der Waals surface area contributed by atoms with Crippen molar-refractivity contribution in [3.8, 4) is 110 Å². The highest BCUT2D eigenvalue weighted by Gasteiger charge is 2.39. The number of rotatable bonds is 20. The van der Waals surface area contributed by atoms with E-state index in [-0.39, 0.29) is 28.7 Å². The number of halogens is 5. The number of benzene rings is 5. The fourth-order valence-corrected chi connectivity index (χ4v) is 15.2. The normalized spacial score (nSPS) is 10.8. The Bertz CT molecular complexity index is 7970. The van der Waals surface area contributed by atoms with E-state index in [4.69, 9.17) is 38.6 Å². The monoisotopic (exact) mass is 1870 g/mol. The molecular formula is C105H84F5N25O5. The largest absolute Gasteiger partial charge is 0.497 e. The highest BCUT2D eigenvalue weighted by molar-refractivity contribution is 5.76. The summed E-state index contributed by atoms with van der Waals surface area (Å²) >= 11 is 0. The molecule has 5 N–H and O–H groups in total. The van der Waals surface area contributed by atoms with Gasteiger partial charge in [0.1, 0.15) is 109 Å². The Hall–Kier alpha value is -19.2. The summed E-state index contributed by atoms with van der Waals surface area (Å²) in [6.07, 6.45) is 6.22. The van der Waals surface area contributed by atoms with E-state index in [0.717, 1.165) is 125 Å². The first-order valence-electron chi connectivity index (χ1n) is 43.1. The molecule has 15 aromatic heterocycles. The van der Waals surface area contributed by atoms with Crippen molar-refractivity contribution in [3.63, 3.8) is 0 Å². The Morgan fingerprint density at radius 1 is 0.279 bits per heavy atom. The molecule has 20 aromatic rings. The fourth-order valence-electron chi connectivity index (χ4n) is 15.2. The number of methoxy groups -OCH3 is 5. The van der Waals surface area contributed by atoms with Crippen molar-refractivity contribution in [1.29, 1.82) is 21.0 Å². The van der Waals surface area contributed by atoms with Crippen LogP contribution in [0.15, 0.2) is 280 Å². The predicted octanol–water partition coefficient (Wildman–Crippen LogP) is 22.8. The summed E-state index contributed by atoms with van der Waals surface area (Å²) in [5.74, 6) is 5.12. The van der Waals surface area contributed by atoms with Crippen molar-refractivity contribution in [2.24, 2.45) is 0 Å². The second kappa shape index (κ2) is 41.5. The second-order valence-corrected chi connectivity index (χ2v) is 31.5. The predicted molar refractivity (Wildman–Crippen MR) is 523 cm³/mol. The Balaban J connectivity index is 0.000000126. The lowest BCUT2D eigenvalue weighted by molar-refractivity contribution is -0.140. The number of pyridine rings is 9. The molecule has 5 aromatic carbocycles. The number of nitrogens with one attached hydrogen (secondary N) is 5. The summed E-state index contributed by atoms with van der Waals surface area (Å²) in [5.41, 5.74) is 18.9. The van der Waals surface area contributed by atoms with Crippen LogP contribution >= 0.6 is 0 Å². The van der Waals surface area contributed by atoms with Crippen LogP contribution in [-0.2, 0) is 6.18 Å². The van der Waals surface area contributed by atoms with Gasteiger partial charge in [-0.1, -0.05) is 53.6 Å². The van der Waals surface area contributed by atoms with E-state index in [2.05, 4.69) is 90.7 Å². The quantitative estimate of drug-likeness (QED) is 0.0442. The molecule has 0 aliphatic heterocycles. The molecule has 694 valence electrons. The minimum atomic E-state index is -4.74. The van der Waals surface area contributed by atoms with Crippen molar-refractivity contribution in [2.45, 2.75) is 47.7 Å². The minimum absolute atomic E-state index is 0.0394. The van der Waals surface area contributed by atoms with Crippen molar-refractivity contribution >= 4 is 85.8 Å². The summed E-state index contributed by atoms with van der Waals surface area (Å²) in [6, 6.07) is 78.5. The van der Waals surface area contributed by atoms with Crippen LogP contribution in [0.25, 0.3) is 85.2 Å². The molecule has 0 saturated heterocycles. The van der Waals surface area contributed by atoms with Gasteiger partial charge in [-0.05, 0) is 236 Å². The number of hydrogen-bond acceptors (Lipinski definition) is 25. The summed E-state index contributed by atoms with van der Waals surface area (Å²) < 4.78 is 103. The van der Waals surface area contributed by atoms with E-state index >= 15 is 0 Å². The number of alkyl halides is 3. The van der Waals surface area contributed by atoms with Crippen molar-refractivity contribution in [1.82, 2.24) is 76.8 Å². The molecule has 0 bridgehead atoms. The topological polar surface area (TPSA) is 365 Å². The maximum Gasteiger partial charge on any atom is 0.435 e. The van der Waals surface area contributed by atoms with Gasteiger partial charge in [0.15, 0.2) is 5.69 Å². The molecular weight excluding hydrogens is 1790 g/mol. The first kappa shape index (κ1) is 94.1. The average Bonchev–Trinajstić information content (AvgIpc) is 1.60. The maximum atomic E-state index is 13.7. The Kier molecular flexibility index (Phi) is 27.9. The van der Waals surface area contributed by atoms with Crippen LogP contribution in [0, 0.1) is 98.5 Å². The van der Waals surface area contributed by atoms with E-state index in [0.29, 0.717) is 91.2 Å². The van der Waals surface area contributed by atoms with Crippen LogP contribution in [0.4, 0.5) is 79.5 Å². The van der Waals surface area contributed by atoms with E-state index in [1.54, 1.807) is 96.2 Å². The molecule has 140 heavy (non-hydrogen) atoms. The highest BCUT2D eigenvalue weighted by atomic mass is 19.4. The standard InChI is InChI=1S/C22H19N5O2.C22H19N5O.C21H16FN5O.C21H17N5O.C19H13F4N5/c1-14-22(27-13-18(29-3)8-9-21(27)24-14)19-10-15(12-23)11-20(26-19)25-16-4-6-17(28-2)7-5-16;1-14-4-6-17(7-5-14)25-20-11-16(12-23)10-19(26-20)22-15(2)24-21-9-8-18(28-3)13-27(21)22;1-13-21(27-12-17(28-2)7-8-20(27)24-13)18-9-14(11-23)10-19(26-18)25-16-5-3-15(22)4-6-16;1-14-21(26-13-17(27-2)8-9-20(26)23-14)18-10-15(12-22)11-19(25-18)24-16-6-4-3-5-7-16;1-11-2-5-13(6-3-11)25-15-9-24-8-14(26-15)17-18(19(21,22)23)27-16-7-4-12(20)10-28(16)17/h4-11,13H,1-3H3,(H,25,26);4-11,13H,1-3H3,(H,25,26);3-10,12H,1-2H3,(H,25,26);3-11,13H,1-2H3,(H,24,25);2-10H,1H3,(H,25,26).